The predicted molar refractivity (Wildman–Crippen MR) is 166 cm³/mol. The average Bonchev–Trinajstić information content (AvgIpc) is 3.03. The van der Waals surface area contributed by atoms with Crippen molar-refractivity contribution < 1.29 is 31.7 Å². The summed E-state index contributed by atoms with van der Waals surface area (Å²) in [5.74, 6) is -1.35. The molecular formula is C34H32N2O7S. The molecule has 4 aromatic rings. The second-order valence-electron chi connectivity index (χ2n) is 9.80. The zero-order chi connectivity index (χ0) is 31.4. The van der Waals surface area contributed by atoms with Gasteiger partial charge in [-0.05, 0) is 66.9 Å². The zero-order valence-electron chi connectivity index (χ0n) is 24.1. The van der Waals surface area contributed by atoms with Crippen molar-refractivity contribution in [3.05, 3.63) is 137 Å². The molecule has 0 aliphatic carbocycles. The van der Waals surface area contributed by atoms with E-state index in [1.165, 1.54) is 30.3 Å². The number of hydrogen-bond donors (Lipinski definition) is 2. The van der Waals surface area contributed by atoms with E-state index in [0.717, 1.165) is 11.1 Å². The lowest BCUT2D eigenvalue weighted by molar-refractivity contribution is -0.145. The molecule has 0 unspecified atom stereocenters. The third-order valence-corrected chi connectivity index (χ3v) is 7.58. The molecule has 44 heavy (non-hydrogen) atoms. The highest BCUT2D eigenvalue weighted by molar-refractivity contribution is 7.87. The number of rotatable bonds is 13. The summed E-state index contributed by atoms with van der Waals surface area (Å²) in [5, 5.41) is 5.36. The topological polar surface area (TPSA) is 128 Å². The first kappa shape index (κ1) is 31.7. The fourth-order valence-electron chi connectivity index (χ4n) is 3.95. The molecule has 0 heterocycles. The quantitative estimate of drug-likeness (QED) is 0.0923. The first-order valence-corrected chi connectivity index (χ1v) is 15.3. The van der Waals surface area contributed by atoms with E-state index in [-0.39, 0.29) is 41.9 Å². The second-order valence-corrected chi connectivity index (χ2v) is 11.3. The number of aryl methyl sites for hydroxylation is 1. The first-order valence-electron chi connectivity index (χ1n) is 13.9. The maximum atomic E-state index is 13.1. The second kappa shape index (κ2) is 15.3. The van der Waals surface area contributed by atoms with Crippen molar-refractivity contribution in [1.29, 1.82) is 0 Å². The van der Waals surface area contributed by atoms with Crippen LogP contribution in [0, 0.1) is 6.92 Å². The van der Waals surface area contributed by atoms with Crippen molar-refractivity contribution in [3.63, 3.8) is 0 Å². The van der Waals surface area contributed by atoms with Gasteiger partial charge in [-0.25, -0.2) is 0 Å². The maximum Gasteiger partial charge on any atom is 0.339 e. The van der Waals surface area contributed by atoms with Crippen molar-refractivity contribution in [1.82, 2.24) is 10.6 Å². The molecule has 4 rings (SSSR count). The molecule has 0 saturated carbocycles. The normalized spacial score (nSPS) is 11.3. The molecule has 0 fully saturated rings. The molecular weight excluding hydrogens is 580 g/mol. The van der Waals surface area contributed by atoms with Gasteiger partial charge in [-0.15, -0.1) is 0 Å². The first-order chi connectivity index (χ1) is 21.2. The molecule has 10 heteroatoms. The van der Waals surface area contributed by atoms with Gasteiger partial charge in [0.25, 0.3) is 11.8 Å². The number of ether oxygens (including phenoxy) is 1. The minimum atomic E-state index is -4.03. The Hall–Kier alpha value is -5.22. The van der Waals surface area contributed by atoms with Crippen LogP contribution in [0.3, 0.4) is 0 Å². The summed E-state index contributed by atoms with van der Waals surface area (Å²) in [4.78, 5) is 38.1. The number of nitrogens with one attached hydrogen (secondary N) is 2. The summed E-state index contributed by atoms with van der Waals surface area (Å²) in [7, 11) is -4.03. The van der Waals surface area contributed by atoms with Crippen molar-refractivity contribution in [2.24, 2.45) is 0 Å². The van der Waals surface area contributed by atoms with Gasteiger partial charge in [-0.3, -0.25) is 14.4 Å². The van der Waals surface area contributed by atoms with Gasteiger partial charge in [0.2, 0.25) is 0 Å². The van der Waals surface area contributed by atoms with Crippen molar-refractivity contribution >= 4 is 34.0 Å². The number of carbonyl (C=O) groups is 3. The number of amides is 2. The highest BCUT2D eigenvalue weighted by atomic mass is 32.2. The number of hydrogen-bond acceptors (Lipinski definition) is 7. The monoisotopic (exact) mass is 612 g/mol. The van der Waals surface area contributed by atoms with Gasteiger partial charge in [-0.1, -0.05) is 78.4 Å². The molecule has 9 nitrogen and oxygen atoms in total. The van der Waals surface area contributed by atoms with Gasteiger partial charge in [0.15, 0.2) is 0 Å². The Morgan fingerprint density at radius 1 is 0.795 bits per heavy atom. The smallest absolute Gasteiger partial charge is 0.339 e. The van der Waals surface area contributed by atoms with Crippen LogP contribution in [0.15, 0.2) is 120 Å². The molecule has 0 spiro atoms. The van der Waals surface area contributed by atoms with E-state index in [1.54, 1.807) is 54.6 Å². The van der Waals surface area contributed by atoms with Crippen LogP contribution in [-0.2, 0) is 31.1 Å². The molecule has 0 aliphatic rings. The van der Waals surface area contributed by atoms with E-state index >= 15 is 0 Å². The number of carbonyl (C=O) groups excluding carboxylic acids is 3. The van der Waals surface area contributed by atoms with Gasteiger partial charge in [0.05, 0.1) is 0 Å². The fraction of sp³-hybridized carbons (Fsp3) is 0.147. The summed E-state index contributed by atoms with van der Waals surface area (Å²) in [6.45, 7) is 2.19. The van der Waals surface area contributed by atoms with Gasteiger partial charge in [0.1, 0.15) is 22.9 Å². The van der Waals surface area contributed by atoms with Gasteiger partial charge >= 0.3 is 16.1 Å². The number of esters is 1. The van der Waals surface area contributed by atoms with Crippen molar-refractivity contribution in [2.45, 2.75) is 31.3 Å². The third-order valence-electron chi connectivity index (χ3n) is 6.32. The Balaban J connectivity index is 1.39. The third kappa shape index (κ3) is 9.67. The Labute approximate surface area is 256 Å². The lowest BCUT2D eigenvalue weighted by atomic mass is 10.1. The van der Waals surface area contributed by atoms with E-state index in [4.69, 9.17) is 8.92 Å². The van der Waals surface area contributed by atoms with Crippen molar-refractivity contribution in [3.8, 4) is 5.75 Å². The van der Waals surface area contributed by atoms with Gasteiger partial charge < -0.3 is 19.6 Å². The minimum Gasteiger partial charge on any atom is -0.461 e. The average molecular weight is 613 g/mol. The van der Waals surface area contributed by atoms with Crippen LogP contribution >= 0.6 is 0 Å². The van der Waals surface area contributed by atoms with Crippen LogP contribution in [0.5, 0.6) is 5.75 Å². The summed E-state index contributed by atoms with van der Waals surface area (Å²) in [6, 6.07) is 30.1. The van der Waals surface area contributed by atoms with E-state index in [2.05, 4.69) is 10.6 Å². The van der Waals surface area contributed by atoms with Gasteiger partial charge in [0, 0.05) is 18.5 Å². The van der Waals surface area contributed by atoms with Crippen molar-refractivity contribution in [2.75, 3.05) is 6.54 Å². The fourth-order valence-corrected chi connectivity index (χ4v) is 4.88. The van der Waals surface area contributed by atoms with E-state index in [1.807, 2.05) is 37.3 Å². The molecule has 0 aliphatic heterocycles. The Bertz CT molecular complexity index is 1700. The van der Waals surface area contributed by atoms with E-state index < -0.39 is 21.9 Å². The molecule has 0 bridgehead atoms. The molecule has 4 aromatic carbocycles. The van der Waals surface area contributed by atoms with Crippen LogP contribution in [0.4, 0.5) is 0 Å². The molecule has 0 aromatic heterocycles. The van der Waals surface area contributed by atoms with Crippen LogP contribution < -0.4 is 14.8 Å². The zero-order valence-corrected chi connectivity index (χ0v) is 24.9. The molecule has 0 atom stereocenters. The van der Waals surface area contributed by atoms with E-state index in [0.29, 0.717) is 17.5 Å². The Morgan fingerprint density at radius 3 is 2.09 bits per heavy atom. The Morgan fingerprint density at radius 2 is 1.43 bits per heavy atom. The summed E-state index contributed by atoms with van der Waals surface area (Å²) < 4.78 is 35.8. The predicted octanol–water partition coefficient (Wildman–Crippen LogP) is 5.17. The molecule has 2 N–H and O–H groups in total. The highest BCUT2D eigenvalue weighted by Crippen LogP contribution is 2.20. The van der Waals surface area contributed by atoms with E-state index in [9.17, 15) is 22.8 Å². The molecule has 0 saturated heterocycles. The van der Waals surface area contributed by atoms with Gasteiger partial charge in [-0.2, -0.15) is 8.42 Å². The Kier molecular flexibility index (Phi) is 11.0. The summed E-state index contributed by atoms with van der Waals surface area (Å²) in [6.07, 6.45) is 1.90. The molecule has 2 amide bonds. The largest absolute Gasteiger partial charge is 0.461 e. The summed E-state index contributed by atoms with van der Waals surface area (Å²) >= 11 is 0. The SMILES string of the molecule is Cc1ccc(S(=O)(=O)Oc2ccc(C=C(NC(=O)c3ccccc3)C(=O)NCCCC(=O)OCc3ccccc3)cc2)cc1. The highest BCUT2D eigenvalue weighted by Gasteiger charge is 2.17. The summed E-state index contributed by atoms with van der Waals surface area (Å²) in [5.41, 5.74) is 2.63. The minimum absolute atomic E-state index is 0.0270. The van der Waals surface area contributed by atoms with Crippen LogP contribution in [0.2, 0.25) is 0 Å². The van der Waals surface area contributed by atoms with Crippen LogP contribution in [-0.4, -0.2) is 32.7 Å². The standard InChI is InChI=1S/C34H32N2O7S/c1-25-14-20-30(21-15-25)44(40,41)43-29-18-16-26(17-19-29)23-31(36-33(38)28-11-6-3-7-12-28)34(39)35-22-8-13-32(37)42-24-27-9-4-2-5-10-27/h2-7,9-12,14-21,23H,8,13,22,24H2,1H3,(H,35,39)(H,36,38). The maximum absolute atomic E-state index is 13.1. The van der Waals surface area contributed by atoms with Crippen LogP contribution in [0.25, 0.3) is 6.08 Å². The number of benzene rings is 4. The van der Waals surface area contributed by atoms with Crippen LogP contribution in [0.1, 0.15) is 39.9 Å². The lowest BCUT2D eigenvalue weighted by Crippen LogP contribution is -2.35. The molecule has 226 valence electrons. The lowest BCUT2D eigenvalue weighted by Gasteiger charge is -2.12. The molecule has 0 radical (unpaired) electrons.